The van der Waals surface area contributed by atoms with Gasteiger partial charge in [0, 0.05) is 28.1 Å². The molecule has 1 unspecified atom stereocenters. The highest BCUT2D eigenvalue weighted by molar-refractivity contribution is 9.10. The fourth-order valence-electron chi connectivity index (χ4n) is 2.10. The summed E-state index contributed by atoms with van der Waals surface area (Å²) in [6.07, 6.45) is 3.32. The molecule has 0 bridgehead atoms. The predicted molar refractivity (Wildman–Crippen MR) is 76.6 cm³/mol. The molecule has 1 amide bonds. The summed E-state index contributed by atoms with van der Waals surface area (Å²) in [6.45, 7) is 2.25. The van der Waals surface area contributed by atoms with Gasteiger partial charge in [-0.1, -0.05) is 0 Å². The molecule has 0 fully saturated rings. The van der Waals surface area contributed by atoms with E-state index in [1.165, 1.54) is 0 Å². The van der Waals surface area contributed by atoms with Crippen LogP contribution in [0.5, 0.6) is 5.75 Å². The Labute approximate surface area is 124 Å². The predicted octanol–water partition coefficient (Wildman–Crippen LogP) is 2.41. The number of hydrogen-bond donors (Lipinski definition) is 1. The Bertz CT molecular complexity index is 675. The van der Waals surface area contributed by atoms with Crippen molar-refractivity contribution in [3.8, 4) is 5.75 Å². The van der Waals surface area contributed by atoms with Crippen LogP contribution in [0.4, 0.5) is 0 Å². The van der Waals surface area contributed by atoms with Crippen molar-refractivity contribution < 1.29 is 9.53 Å². The second kappa shape index (κ2) is 5.20. The van der Waals surface area contributed by atoms with E-state index in [0.29, 0.717) is 17.9 Å². The van der Waals surface area contributed by atoms with Crippen molar-refractivity contribution >= 4 is 21.8 Å². The minimum atomic E-state index is -0.223. The van der Waals surface area contributed by atoms with Gasteiger partial charge in [0.25, 0.3) is 5.91 Å². The number of nitrogens with zero attached hydrogens (tertiary/aromatic N) is 2. The second-order valence-electron chi connectivity index (χ2n) is 4.56. The summed E-state index contributed by atoms with van der Waals surface area (Å²) in [5, 5.41) is 2.93. The van der Waals surface area contributed by atoms with Crippen LogP contribution in [0.3, 0.4) is 0 Å². The number of fused-ring (bicyclic) bond motifs is 1. The summed E-state index contributed by atoms with van der Waals surface area (Å²) in [6, 6.07) is 5.07. The zero-order chi connectivity index (χ0) is 14.1. The van der Waals surface area contributed by atoms with Crippen molar-refractivity contribution in [2.75, 3.05) is 6.61 Å². The average Bonchev–Trinajstić information content (AvgIpc) is 2.81. The highest BCUT2D eigenvalue weighted by Gasteiger charge is 2.27. The van der Waals surface area contributed by atoms with Gasteiger partial charge in [-0.05, 0) is 41.1 Å². The Hall–Kier alpha value is -1.95. The quantitative estimate of drug-likeness (QED) is 0.916. The van der Waals surface area contributed by atoms with E-state index in [0.717, 1.165) is 15.9 Å². The molecule has 2 aromatic heterocycles. The van der Waals surface area contributed by atoms with Crippen molar-refractivity contribution in [3.63, 3.8) is 0 Å². The molecule has 0 radical (unpaired) electrons. The average molecular weight is 334 g/mol. The summed E-state index contributed by atoms with van der Waals surface area (Å²) in [5.74, 6) is 0.553. The summed E-state index contributed by atoms with van der Waals surface area (Å²) in [5.41, 5.74) is 2.15. The lowest BCUT2D eigenvalue weighted by molar-refractivity contribution is 0.0929. The van der Waals surface area contributed by atoms with Crippen LogP contribution < -0.4 is 10.1 Å². The van der Waals surface area contributed by atoms with E-state index in [1.54, 1.807) is 24.5 Å². The van der Waals surface area contributed by atoms with Crippen LogP contribution in [0.15, 0.2) is 35.1 Å². The molecule has 1 aliphatic rings. The third-order valence-corrected chi connectivity index (χ3v) is 3.48. The number of hydrogen-bond acceptors (Lipinski definition) is 4. The molecule has 1 N–H and O–H groups in total. The number of nitrogens with one attached hydrogen (secondary N) is 1. The van der Waals surface area contributed by atoms with Gasteiger partial charge in [0.2, 0.25) is 0 Å². The van der Waals surface area contributed by atoms with Gasteiger partial charge in [-0.3, -0.25) is 14.8 Å². The number of carbonyl (C=O) groups excluding carboxylic acids is 1. The lowest BCUT2D eigenvalue weighted by Crippen LogP contribution is -2.29. The van der Waals surface area contributed by atoms with E-state index in [-0.39, 0.29) is 11.9 Å². The molecule has 5 nitrogen and oxygen atoms in total. The first-order valence-corrected chi connectivity index (χ1v) is 6.94. The monoisotopic (exact) mass is 333 g/mol. The molecule has 0 aromatic carbocycles. The summed E-state index contributed by atoms with van der Waals surface area (Å²) >= 11 is 3.34. The number of aryl methyl sites for hydroxylation is 1. The molecular weight excluding hydrogens is 322 g/mol. The lowest BCUT2D eigenvalue weighted by atomic mass is 10.1. The Balaban J connectivity index is 1.79. The molecule has 2 aromatic rings. The third-order valence-electron chi connectivity index (χ3n) is 3.05. The van der Waals surface area contributed by atoms with Crippen molar-refractivity contribution in [1.82, 2.24) is 15.3 Å². The number of rotatable bonds is 2. The zero-order valence-corrected chi connectivity index (χ0v) is 12.3. The van der Waals surface area contributed by atoms with Gasteiger partial charge in [-0.2, -0.15) is 0 Å². The van der Waals surface area contributed by atoms with E-state index in [2.05, 4.69) is 31.2 Å². The van der Waals surface area contributed by atoms with Crippen LogP contribution in [-0.2, 0) is 0 Å². The molecule has 3 rings (SSSR count). The number of aromatic nitrogens is 2. The molecule has 0 saturated heterocycles. The van der Waals surface area contributed by atoms with Crippen molar-refractivity contribution in [1.29, 1.82) is 0 Å². The summed E-state index contributed by atoms with van der Waals surface area (Å²) in [4.78, 5) is 20.6. The van der Waals surface area contributed by atoms with Crippen LogP contribution in [-0.4, -0.2) is 22.5 Å². The molecular formula is C14H12BrN3O2. The highest BCUT2D eigenvalue weighted by atomic mass is 79.9. The van der Waals surface area contributed by atoms with E-state index < -0.39 is 0 Å². The van der Waals surface area contributed by atoms with Crippen molar-refractivity contribution in [2.24, 2.45) is 0 Å². The van der Waals surface area contributed by atoms with Gasteiger partial charge in [0.05, 0.1) is 0 Å². The van der Waals surface area contributed by atoms with Crippen molar-refractivity contribution in [2.45, 2.75) is 13.0 Å². The van der Waals surface area contributed by atoms with Crippen LogP contribution in [0.25, 0.3) is 0 Å². The van der Waals surface area contributed by atoms with E-state index in [4.69, 9.17) is 4.74 Å². The molecule has 0 saturated carbocycles. The number of pyridine rings is 2. The molecule has 6 heteroatoms. The SMILES string of the molecule is Cc1cc(C(=O)NC2COc3cc(Br)cnc32)ccn1. The maximum Gasteiger partial charge on any atom is 0.252 e. The fourth-order valence-corrected chi connectivity index (χ4v) is 2.41. The van der Waals surface area contributed by atoms with Crippen LogP contribution in [0.1, 0.15) is 27.8 Å². The molecule has 0 aliphatic carbocycles. The minimum Gasteiger partial charge on any atom is -0.489 e. The van der Waals surface area contributed by atoms with Crippen molar-refractivity contribution in [3.05, 3.63) is 52.0 Å². The van der Waals surface area contributed by atoms with Gasteiger partial charge in [0.15, 0.2) is 0 Å². The summed E-state index contributed by atoms with van der Waals surface area (Å²) < 4.78 is 6.39. The third kappa shape index (κ3) is 2.51. The number of ether oxygens (including phenoxy) is 1. The van der Waals surface area contributed by atoms with E-state index in [9.17, 15) is 4.79 Å². The maximum absolute atomic E-state index is 12.2. The number of amides is 1. The highest BCUT2D eigenvalue weighted by Crippen LogP contribution is 2.32. The Morgan fingerprint density at radius 1 is 1.45 bits per heavy atom. The van der Waals surface area contributed by atoms with Crippen LogP contribution >= 0.6 is 15.9 Å². The first-order chi connectivity index (χ1) is 9.63. The normalized spacial score (nSPS) is 16.4. The maximum atomic E-state index is 12.2. The van der Waals surface area contributed by atoms with Gasteiger partial charge in [0.1, 0.15) is 24.1 Å². The molecule has 1 atom stereocenters. The Morgan fingerprint density at radius 2 is 2.30 bits per heavy atom. The standard InChI is InChI=1S/C14H12BrN3O2/c1-8-4-9(2-3-16-8)14(19)18-11-7-20-12-5-10(15)6-17-13(11)12/h2-6,11H,7H2,1H3,(H,18,19). The smallest absolute Gasteiger partial charge is 0.252 e. The van der Waals surface area contributed by atoms with Gasteiger partial charge >= 0.3 is 0 Å². The topological polar surface area (TPSA) is 64.1 Å². The second-order valence-corrected chi connectivity index (χ2v) is 5.48. The van der Waals surface area contributed by atoms with Gasteiger partial charge < -0.3 is 10.1 Å². The molecule has 102 valence electrons. The number of halogens is 1. The molecule has 20 heavy (non-hydrogen) atoms. The first kappa shape index (κ1) is 13.1. The van der Waals surface area contributed by atoms with Crippen LogP contribution in [0.2, 0.25) is 0 Å². The Kier molecular flexibility index (Phi) is 3.40. The first-order valence-electron chi connectivity index (χ1n) is 6.15. The van der Waals surface area contributed by atoms with Gasteiger partial charge in [-0.15, -0.1) is 0 Å². The molecule has 3 heterocycles. The zero-order valence-electron chi connectivity index (χ0n) is 10.8. The number of carbonyl (C=O) groups is 1. The molecule has 1 aliphatic heterocycles. The minimum absolute atomic E-state index is 0.151. The molecule has 0 spiro atoms. The van der Waals surface area contributed by atoms with Gasteiger partial charge in [-0.25, -0.2) is 0 Å². The lowest BCUT2D eigenvalue weighted by Gasteiger charge is -2.11. The fraction of sp³-hybridized carbons (Fsp3) is 0.214. The Morgan fingerprint density at radius 3 is 3.10 bits per heavy atom. The van der Waals surface area contributed by atoms with E-state index in [1.807, 2.05) is 13.0 Å². The largest absolute Gasteiger partial charge is 0.489 e. The van der Waals surface area contributed by atoms with E-state index >= 15 is 0 Å². The van der Waals surface area contributed by atoms with Crippen LogP contribution in [0, 0.1) is 6.92 Å². The summed E-state index contributed by atoms with van der Waals surface area (Å²) in [7, 11) is 0.